The normalized spacial score (nSPS) is 8.36. The molecule has 2 rings (SSSR count). The van der Waals surface area contributed by atoms with Crippen LogP contribution >= 0.6 is 27.3 Å². The zero-order valence-corrected chi connectivity index (χ0v) is 11.7. The first-order valence-corrected chi connectivity index (χ1v) is 4.89. The van der Waals surface area contributed by atoms with Gasteiger partial charge in [-0.25, -0.2) is 4.98 Å². The summed E-state index contributed by atoms with van der Waals surface area (Å²) in [7, 11) is 0. The minimum atomic E-state index is 0. The number of halogens is 1. The third-order valence-corrected chi connectivity index (χ3v) is 3.11. The molecule has 1 heterocycles. The van der Waals surface area contributed by atoms with Crippen LogP contribution in [0.3, 0.4) is 0 Å². The number of hydrogen-bond donors (Lipinski definition) is 0. The summed E-state index contributed by atoms with van der Waals surface area (Å²) in [5, 5.41) is 9.00. The molecule has 0 saturated heterocycles. The Balaban J connectivity index is 0.000000381. The van der Waals surface area contributed by atoms with Gasteiger partial charge in [-0.1, -0.05) is 6.07 Å². The molecule has 0 atom stereocenters. The molecular formula is C7H4BrN2NaO2S. The van der Waals surface area contributed by atoms with E-state index in [1.165, 1.54) is 4.70 Å². The number of hydrogen-bond acceptors (Lipinski definition) is 5. The van der Waals surface area contributed by atoms with Gasteiger partial charge in [-0.15, -0.1) is 16.7 Å². The molecule has 7 heteroatoms. The van der Waals surface area contributed by atoms with Gasteiger partial charge in [0.25, 0.3) is 0 Å². The molecule has 0 aliphatic heterocycles. The zero-order chi connectivity index (χ0) is 9.68. The van der Waals surface area contributed by atoms with Crippen molar-refractivity contribution in [2.45, 2.75) is 0 Å². The van der Waals surface area contributed by atoms with Crippen molar-refractivity contribution in [1.29, 1.82) is 0 Å². The van der Waals surface area contributed by atoms with Gasteiger partial charge in [0.1, 0.15) is 0 Å². The van der Waals surface area contributed by atoms with Gasteiger partial charge >= 0.3 is 29.6 Å². The molecule has 0 aliphatic carbocycles. The maximum absolute atomic E-state index is 8.00. The fourth-order valence-electron chi connectivity index (χ4n) is 0.852. The number of aromatic nitrogens is 1. The third-order valence-electron chi connectivity index (χ3n) is 1.31. The van der Waals surface area contributed by atoms with Crippen molar-refractivity contribution < 1.29 is 29.6 Å². The van der Waals surface area contributed by atoms with Gasteiger partial charge in [0.2, 0.25) is 0 Å². The summed E-state index contributed by atoms with van der Waals surface area (Å²) in [5.41, 5.74) is 2.93. The molecule has 0 radical (unpaired) electrons. The first-order valence-electron chi connectivity index (χ1n) is 3.22. The Bertz CT molecular complexity index is 409. The van der Waals surface area contributed by atoms with Crippen LogP contribution < -0.4 is 29.6 Å². The van der Waals surface area contributed by atoms with E-state index in [2.05, 4.69) is 20.9 Å². The van der Waals surface area contributed by atoms with E-state index in [1.807, 2.05) is 23.7 Å². The molecule has 14 heavy (non-hydrogen) atoms. The topological polar surface area (TPSA) is 65.4 Å². The molecule has 0 aliphatic rings. The SMILES string of the molecule is Brc1cccc2ncsc12.O=N[O-].[Na+]. The Labute approximate surface area is 115 Å². The molecule has 0 N–H and O–H groups in total. The first-order chi connectivity index (χ1) is 6.29. The van der Waals surface area contributed by atoms with Crippen LogP contribution in [0.25, 0.3) is 10.2 Å². The molecule has 1 aromatic carbocycles. The van der Waals surface area contributed by atoms with Crippen molar-refractivity contribution in [3.8, 4) is 0 Å². The van der Waals surface area contributed by atoms with E-state index < -0.39 is 0 Å². The number of rotatable bonds is 0. The van der Waals surface area contributed by atoms with Gasteiger partial charge in [-0.3, -0.25) is 0 Å². The average Bonchev–Trinajstić information content (AvgIpc) is 2.54. The predicted octanol–water partition coefficient (Wildman–Crippen LogP) is 0.313. The maximum Gasteiger partial charge on any atom is 1.00 e. The second kappa shape index (κ2) is 7.30. The Kier molecular flexibility index (Phi) is 7.30. The van der Waals surface area contributed by atoms with Crippen LogP contribution in [-0.4, -0.2) is 4.98 Å². The fourth-order valence-corrected chi connectivity index (χ4v) is 2.18. The van der Waals surface area contributed by atoms with Crippen molar-refractivity contribution in [2.24, 2.45) is 5.34 Å². The van der Waals surface area contributed by atoms with Crippen LogP contribution in [0.5, 0.6) is 0 Å². The van der Waals surface area contributed by atoms with Gasteiger partial charge in [-0.2, -0.15) is 0 Å². The summed E-state index contributed by atoms with van der Waals surface area (Å²) in [6.45, 7) is 0. The summed E-state index contributed by atoms with van der Waals surface area (Å²) in [6, 6.07) is 6.03. The Morgan fingerprint density at radius 2 is 2.14 bits per heavy atom. The average molecular weight is 283 g/mol. The number of thiazole rings is 1. The number of nitrogens with zero attached hydrogens (tertiary/aromatic N) is 2. The van der Waals surface area contributed by atoms with Gasteiger partial charge in [0.15, 0.2) is 0 Å². The van der Waals surface area contributed by atoms with Crippen molar-refractivity contribution in [3.05, 3.63) is 38.3 Å². The molecule has 0 saturated carbocycles. The number of fused-ring (bicyclic) bond motifs is 1. The minimum Gasteiger partial charge on any atom is -0.444 e. The second-order valence-electron chi connectivity index (χ2n) is 2.01. The predicted molar refractivity (Wildman–Crippen MR) is 56.5 cm³/mol. The molecule has 0 amide bonds. The van der Waals surface area contributed by atoms with E-state index in [1.54, 1.807) is 11.3 Å². The molecule has 4 nitrogen and oxygen atoms in total. The van der Waals surface area contributed by atoms with Crippen molar-refractivity contribution in [1.82, 2.24) is 4.98 Å². The minimum absolute atomic E-state index is 0. The zero-order valence-electron chi connectivity index (χ0n) is 7.31. The van der Waals surface area contributed by atoms with Gasteiger partial charge in [0.05, 0.1) is 15.7 Å². The van der Waals surface area contributed by atoms with Gasteiger partial charge in [0, 0.05) is 4.47 Å². The molecule has 0 unspecified atom stereocenters. The summed E-state index contributed by atoms with van der Waals surface area (Å²) < 4.78 is 2.36. The molecule has 0 bridgehead atoms. The standard InChI is InChI=1S/C7H4BrNS.HNO2.Na/c8-5-2-1-3-6-7(5)10-4-9-6;2-1-3;/h1-4H;(H,2,3);/q;;+1/p-1. The van der Waals surface area contributed by atoms with Crippen LogP contribution in [0.2, 0.25) is 0 Å². The van der Waals surface area contributed by atoms with Crippen molar-refractivity contribution in [3.63, 3.8) is 0 Å². The molecule has 1 aromatic heterocycles. The largest absolute Gasteiger partial charge is 1.00 e. The van der Waals surface area contributed by atoms with Crippen LogP contribution in [0.15, 0.2) is 33.5 Å². The number of benzene rings is 1. The molecule has 0 fully saturated rings. The van der Waals surface area contributed by atoms with E-state index in [4.69, 9.17) is 10.1 Å². The van der Waals surface area contributed by atoms with Crippen molar-refractivity contribution in [2.75, 3.05) is 0 Å². The van der Waals surface area contributed by atoms with Crippen LogP contribution in [-0.2, 0) is 0 Å². The monoisotopic (exact) mass is 282 g/mol. The smallest absolute Gasteiger partial charge is 0.444 e. The third kappa shape index (κ3) is 3.62. The Morgan fingerprint density at radius 3 is 2.71 bits per heavy atom. The molecular weight excluding hydrogens is 279 g/mol. The quantitative estimate of drug-likeness (QED) is 0.397. The van der Waals surface area contributed by atoms with E-state index in [0.29, 0.717) is 0 Å². The first kappa shape index (κ1) is 14.0. The van der Waals surface area contributed by atoms with Crippen LogP contribution in [0, 0.1) is 10.1 Å². The molecule has 68 valence electrons. The molecule has 2 aromatic rings. The van der Waals surface area contributed by atoms with E-state index in [0.717, 1.165) is 15.3 Å². The second-order valence-corrected chi connectivity index (χ2v) is 3.72. The fraction of sp³-hybridized carbons (Fsp3) is 0. The summed E-state index contributed by atoms with van der Waals surface area (Å²) in [6.07, 6.45) is 0. The summed E-state index contributed by atoms with van der Waals surface area (Å²) in [4.78, 5) is 12.2. The maximum atomic E-state index is 8.00. The van der Waals surface area contributed by atoms with E-state index in [9.17, 15) is 0 Å². The Morgan fingerprint density at radius 1 is 1.50 bits per heavy atom. The molecule has 0 spiro atoms. The van der Waals surface area contributed by atoms with Crippen molar-refractivity contribution >= 4 is 37.5 Å². The van der Waals surface area contributed by atoms with Crippen LogP contribution in [0.4, 0.5) is 0 Å². The summed E-state index contributed by atoms with van der Waals surface area (Å²) >= 11 is 5.10. The van der Waals surface area contributed by atoms with Gasteiger partial charge in [-0.05, 0) is 28.1 Å². The van der Waals surface area contributed by atoms with Gasteiger partial charge < -0.3 is 10.1 Å². The van der Waals surface area contributed by atoms with E-state index >= 15 is 0 Å². The summed E-state index contributed by atoms with van der Waals surface area (Å²) in [5.74, 6) is 0. The van der Waals surface area contributed by atoms with E-state index in [-0.39, 0.29) is 29.6 Å². The Hall–Kier alpha value is -0.0100. The van der Waals surface area contributed by atoms with Crippen LogP contribution in [0.1, 0.15) is 0 Å².